The number of ketones is 1. The first-order valence-electron chi connectivity index (χ1n) is 7.21. The normalized spacial score (nSPS) is 11.0. The van der Waals surface area contributed by atoms with Crippen molar-refractivity contribution in [3.63, 3.8) is 0 Å². The predicted molar refractivity (Wildman–Crippen MR) is 98.0 cm³/mol. The highest BCUT2D eigenvalue weighted by Crippen LogP contribution is 2.22. The number of fused-ring (bicyclic) bond motifs is 1. The molecule has 0 heterocycles. The quantitative estimate of drug-likeness (QED) is 0.449. The van der Waals surface area contributed by atoms with Crippen LogP contribution < -0.4 is 4.74 Å². The van der Waals surface area contributed by atoms with E-state index in [1.807, 2.05) is 60.7 Å². The van der Waals surface area contributed by atoms with Gasteiger partial charge in [0.25, 0.3) is 0 Å². The maximum absolute atomic E-state index is 12.2. The van der Waals surface area contributed by atoms with Gasteiger partial charge >= 0.3 is 0 Å². The molecule has 0 bridgehead atoms. The van der Waals surface area contributed by atoms with E-state index in [0.29, 0.717) is 5.56 Å². The summed E-state index contributed by atoms with van der Waals surface area (Å²) in [6, 6.07) is 19.4. The van der Waals surface area contributed by atoms with E-state index in [2.05, 4.69) is 22.0 Å². The zero-order valence-electron chi connectivity index (χ0n) is 12.6. The van der Waals surface area contributed by atoms with Crippen molar-refractivity contribution >= 4 is 38.6 Å². The van der Waals surface area contributed by atoms with Gasteiger partial charge < -0.3 is 4.74 Å². The Morgan fingerprint density at radius 1 is 0.957 bits per heavy atom. The Morgan fingerprint density at radius 2 is 1.65 bits per heavy atom. The van der Waals surface area contributed by atoms with Gasteiger partial charge in [-0.25, -0.2) is 0 Å². The fourth-order valence-corrected chi connectivity index (χ4v) is 2.62. The Labute approximate surface area is 143 Å². The minimum atomic E-state index is -0.00710. The summed E-state index contributed by atoms with van der Waals surface area (Å²) in [5.74, 6) is 0.832. The van der Waals surface area contributed by atoms with Crippen LogP contribution in [0.15, 0.2) is 71.2 Å². The van der Waals surface area contributed by atoms with Gasteiger partial charge in [0.05, 0.1) is 7.11 Å². The van der Waals surface area contributed by atoms with E-state index in [1.54, 1.807) is 13.2 Å². The Balaban J connectivity index is 1.83. The first-order valence-corrected chi connectivity index (χ1v) is 8.01. The molecule has 0 aliphatic carbocycles. The molecule has 0 amide bonds. The van der Waals surface area contributed by atoms with Crippen LogP contribution in [0.5, 0.6) is 5.75 Å². The van der Waals surface area contributed by atoms with E-state index < -0.39 is 0 Å². The first-order chi connectivity index (χ1) is 11.2. The Morgan fingerprint density at radius 3 is 2.39 bits per heavy atom. The van der Waals surface area contributed by atoms with Gasteiger partial charge in [-0.05, 0) is 64.9 Å². The highest BCUT2D eigenvalue weighted by atomic mass is 79.9. The molecule has 0 saturated heterocycles. The fraction of sp³-hybridized carbons (Fsp3) is 0.0500. The fourth-order valence-electron chi connectivity index (χ4n) is 2.36. The summed E-state index contributed by atoms with van der Waals surface area (Å²) in [7, 11) is 1.66. The SMILES string of the molecule is COc1ccc2cc(C=CC(=O)c3ccc(Br)cc3)ccc2c1. The highest BCUT2D eigenvalue weighted by molar-refractivity contribution is 9.10. The molecule has 0 N–H and O–H groups in total. The van der Waals surface area contributed by atoms with Crippen molar-refractivity contribution < 1.29 is 9.53 Å². The number of methoxy groups -OCH3 is 1. The molecule has 0 aromatic heterocycles. The molecular weight excluding hydrogens is 352 g/mol. The number of rotatable bonds is 4. The number of hydrogen-bond donors (Lipinski definition) is 0. The number of carbonyl (C=O) groups is 1. The molecule has 3 aromatic carbocycles. The molecule has 0 aliphatic heterocycles. The van der Waals surface area contributed by atoms with E-state index in [9.17, 15) is 4.79 Å². The van der Waals surface area contributed by atoms with Crippen LogP contribution >= 0.6 is 15.9 Å². The first kappa shape index (κ1) is 15.5. The molecule has 3 aromatic rings. The molecule has 2 nitrogen and oxygen atoms in total. The molecule has 0 spiro atoms. The molecule has 0 atom stereocenters. The summed E-state index contributed by atoms with van der Waals surface area (Å²) in [5.41, 5.74) is 1.67. The third-order valence-corrected chi connectivity index (χ3v) is 4.16. The summed E-state index contributed by atoms with van der Waals surface area (Å²) >= 11 is 3.37. The zero-order valence-corrected chi connectivity index (χ0v) is 14.2. The van der Waals surface area contributed by atoms with E-state index in [4.69, 9.17) is 4.74 Å². The van der Waals surface area contributed by atoms with Gasteiger partial charge in [-0.1, -0.05) is 40.2 Å². The molecule has 0 radical (unpaired) electrons. The van der Waals surface area contributed by atoms with Crippen molar-refractivity contribution in [2.45, 2.75) is 0 Å². The Kier molecular flexibility index (Phi) is 4.58. The van der Waals surface area contributed by atoms with E-state index in [1.165, 1.54) is 0 Å². The molecule has 114 valence electrons. The van der Waals surface area contributed by atoms with Gasteiger partial charge in [-0.2, -0.15) is 0 Å². The maximum atomic E-state index is 12.2. The lowest BCUT2D eigenvalue weighted by molar-refractivity contribution is 0.104. The second-order valence-electron chi connectivity index (χ2n) is 5.18. The van der Waals surface area contributed by atoms with Crippen molar-refractivity contribution in [1.82, 2.24) is 0 Å². The third kappa shape index (κ3) is 3.69. The van der Waals surface area contributed by atoms with Gasteiger partial charge in [-0.15, -0.1) is 0 Å². The van der Waals surface area contributed by atoms with Crippen LogP contribution in [-0.2, 0) is 0 Å². The van der Waals surface area contributed by atoms with Crippen LogP contribution in [0.4, 0.5) is 0 Å². The maximum Gasteiger partial charge on any atom is 0.185 e. The van der Waals surface area contributed by atoms with Crippen LogP contribution in [-0.4, -0.2) is 12.9 Å². The molecule has 0 unspecified atom stereocenters. The van der Waals surface area contributed by atoms with Gasteiger partial charge in [0, 0.05) is 10.0 Å². The standard InChI is InChI=1S/C20H15BrO2/c1-23-19-10-7-16-12-14(2-4-17(16)13-19)3-11-20(22)15-5-8-18(21)9-6-15/h2-13H,1H3. The number of carbonyl (C=O) groups excluding carboxylic acids is 1. The van der Waals surface area contributed by atoms with Crippen molar-refractivity contribution in [2.24, 2.45) is 0 Å². The molecule has 0 fully saturated rings. The van der Waals surface area contributed by atoms with Gasteiger partial charge in [0.15, 0.2) is 5.78 Å². The van der Waals surface area contributed by atoms with Crippen molar-refractivity contribution in [2.75, 3.05) is 7.11 Å². The van der Waals surface area contributed by atoms with Crippen LogP contribution in [0, 0.1) is 0 Å². The summed E-state index contributed by atoms with van der Waals surface area (Å²) in [5, 5.41) is 2.23. The lowest BCUT2D eigenvalue weighted by Crippen LogP contribution is -1.93. The van der Waals surface area contributed by atoms with E-state index in [0.717, 1.165) is 26.6 Å². The number of hydrogen-bond acceptors (Lipinski definition) is 2. The number of benzene rings is 3. The zero-order chi connectivity index (χ0) is 16.2. The summed E-state index contributed by atoms with van der Waals surface area (Å²) in [6.45, 7) is 0. The smallest absolute Gasteiger partial charge is 0.185 e. The van der Waals surface area contributed by atoms with Crippen molar-refractivity contribution in [3.05, 3.63) is 82.3 Å². The van der Waals surface area contributed by atoms with Crippen LogP contribution in [0.2, 0.25) is 0 Å². The number of allylic oxidation sites excluding steroid dienone is 1. The van der Waals surface area contributed by atoms with Gasteiger partial charge in [0.1, 0.15) is 5.75 Å². The van der Waals surface area contributed by atoms with Crippen LogP contribution in [0.1, 0.15) is 15.9 Å². The van der Waals surface area contributed by atoms with Crippen LogP contribution in [0.25, 0.3) is 16.8 Å². The predicted octanol–water partition coefficient (Wildman–Crippen LogP) is 5.51. The minimum Gasteiger partial charge on any atom is -0.497 e. The van der Waals surface area contributed by atoms with Crippen LogP contribution in [0.3, 0.4) is 0 Å². The summed E-state index contributed by atoms with van der Waals surface area (Å²) in [6.07, 6.45) is 3.45. The Bertz CT molecular complexity index is 880. The minimum absolute atomic E-state index is 0.00710. The van der Waals surface area contributed by atoms with Crippen molar-refractivity contribution in [1.29, 1.82) is 0 Å². The van der Waals surface area contributed by atoms with Crippen molar-refractivity contribution in [3.8, 4) is 5.75 Å². The molecule has 0 aliphatic rings. The average Bonchev–Trinajstić information content (AvgIpc) is 2.59. The highest BCUT2D eigenvalue weighted by Gasteiger charge is 2.02. The number of halogens is 1. The second-order valence-corrected chi connectivity index (χ2v) is 6.09. The molecular formula is C20H15BrO2. The van der Waals surface area contributed by atoms with E-state index >= 15 is 0 Å². The average molecular weight is 367 g/mol. The van der Waals surface area contributed by atoms with Gasteiger partial charge in [0.2, 0.25) is 0 Å². The lowest BCUT2D eigenvalue weighted by Gasteiger charge is -2.03. The molecule has 3 heteroatoms. The number of ether oxygens (including phenoxy) is 1. The van der Waals surface area contributed by atoms with Gasteiger partial charge in [-0.3, -0.25) is 4.79 Å². The Hall–Kier alpha value is -2.39. The summed E-state index contributed by atoms with van der Waals surface area (Å²) in [4.78, 5) is 12.2. The van der Waals surface area contributed by atoms with E-state index in [-0.39, 0.29) is 5.78 Å². The summed E-state index contributed by atoms with van der Waals surface area (Å²) < 4.78 is 6.19. The molecule has 23 heavy (non-hydrogen) atoms. The third-order valence-electron chi connectivity index (χ3n) is 3.63. The molecule has 3 rings (SSSR count). The largest absolute Gasteiger partial charge is 0.497 e. The topological polar surface area (TPSA) is 26.3 Å². The lowest BCUT2D eigenvalue weighted by atomic mass is 10.1. The monoisotopic (exact) mass is 366 g/mol. The molecule has 0 saturated carbocycles. The second kappa shape index (κ2) is 6.80.